The SMILES string of the molecule is C[C@@H]1CC[C@@H](n2nc(Cl)c3ccccc32)[C@H](O)C1. The van der Waals surface area contributed by atoms with Crippen LogP contribution in [0.5, 0.6) is 0 Å². The van der Waals surface area contributed by atoms with Crippen LogP contribution in [0.25, 0.3) is 10.9 Å². The van der Waals surface area contributed by atoms with Crippen molar-refractivity contribution < 1.29 is 5.11 Å². The normalized spacial score (nSPS) is 28.7. The molecule has 1 fully saturated rings. The molecule has 1 heterocycles. The van der Waals surface area contributed by atoms with Gasteiger partial charge in [0.1, 0.15) is 0 Å². The predicted molar refractivity (Wildman–Crippen MR) is 72.8 cm³/mol. The summed E-state index contributed by atoms with van der Waals surface area (Å²) in [6, 6.07) is 7.98. The van der Waals surface area contributed by atoms with Crippen molar-refractivity contribution in [2.45, 2.75) is 38.3 Å². The molecule has 2 aromatic rings. The monoisotopic (exact) mass is 264 g/mol. The molecule has 0 unspecified atom stereocenters. The van der Waals surface area contributed by atoms with Gasteiger partial charge in [-0.05, 0) is 37.3 Å². The Kier molecular flexibility index (Phi) is 3.04. The number of para-hydroxylation sites is 1. The highest BCUT2D eigenvalue weighted by Gasteiger charge is 2.30. The number of halogens is 1. The third-order valence-corrected chi connectivity index (χ3v) is 4.21. The van der Waals surface area contributed by atoms with Gasteiger partial charge < -0.3 is 5.11 Å². The maximum Gasteiger partial charge on any atom is 0.158 e. The lowest BCUT2D eigenvalue weighted by Gasteiger charge is -2.31. The first-order valence-corrected chi connectivity index (χ1v) is 6.85. The van der Waals surface area contributed by atoms with Crippen LogP contribution in [0.15, 0.2) is 24.3 Å². The second kappa shape index (κ2) is 4.56. The van der Waals surface area contributed by atoms with Crippen LogP contribution >= 0.6 is 11.6 Å². The van der Waals surface area contributed by atoms with Gasteiger partial charge in [-0.15, -0.1) is 0 Å². The average Bonchev–Trinajstić information content (AvgIpc) is 2.68. The van der Waals surface area contributed by atoms with Crippen molar-refractivity contribution in [2.75, 3.05) is 0 Å². The highest BCUT2D eigenvalue weighted by atomic mass is 35.5. The molecule has 3 rings (SSSR count). The topological polar surface area (TPSA) is 38.0 Å². The fourth-order valence-corrected chi connectivity index (χ4v) is 3.16. The highest BCUT2D eigenvalue weighted by Crippen LogP contribution is 2.35. The molecule has 0 aliphatic heterocycles. The number of aliphatic hydroxyl groups is 1. The van der Waals surface area contributed by atoms with Gasteiger partial charge in [-0.25, -0.2) is 0 Å². The molecule has 0 radical (unpaired) electrons. The van der Waals surface area contributed by atoms with E-state index in [1.54, 1.807) is 0 Å². The van der Waals surface area contributed by atoms with E-state index in [0.717, 1.165) is 30.2 Å². The van der Waals surface area contributed by atoms with Crippen LogP contribution in [0.4, 0.5) is 0 Å². The van der Waals surface area contributed by atoms with Gasteiger partial charge in [-0.3, -0.25) is 4.68 Å². The first kappa shape index (κ1) is 12.0. The zero-order valence-electron chi connectivity index (χ0n) is 10.4. The van der Waals surface area contributed by atoms with Crippen molar-refractivity contribution in [1.82, 2.24) is 9.78 Å². The molecule has 1 aromatic carbocycles. The van der Waals surface area contributed by atoms with E-state index in [9.17, 15) is 5.11 Å². The van der Waals surface area contributed by atoms with Crippen molar-refractivity contribution in [2.24, 2.45) is 5.92 Å². The van der Waals surface area contributed by atoms with Gasteiger partial charge >= 0.3 is 0 Å². The molecule has 3 atom stereocenters. The molecule has 4 heteroatoms. The number of aromatic nitrogens is 2. The molecule has 1 aliphatic carbocycles. The lowest BCUT2D eigenvalue weighted by atomic mass is 9.85. The van der Waals surface area contributed by atoms with E-state index < -0.39 is 0 Å². The standard InChI is InChI=1S/C14H17ClN2O/c1-9-6-7-12(13(18)8-9)17-11-5-3-2-4-10(11)14(15)16-17/h2-5,9,12-13,18H,6-8H2,1H3/t9-,12-,13-/m1/s1. The molecule has 1 aliphatic rings. The molecule has 1 N–H and O–H groups in total. The van der Waals surface area contributed by atoms with E-state index in [2.05, 4.69) is 12.0 Å². The van der Waals surface area contributed by atoms with Crippen molar-refractivity contribution in [3.63, 3.8) is 0 Å². The Labute approximate surface area is 111 Å². The highest BCUT2D eigenvalue weighted by molar-refractivity contribution is 6.34. The number of hydrogen-bond donors (Lipinski definition) is 1. The zero-order chi connectivity index (χ0) is 12.7. The quantitative estimate of drug-likeness (QED) is 0.857. The van der Waals surface area contributed by atoms with Crippen LogP contribution in [-0.2, 0) is 0 Å². The Morgan fingerprint density at radius 3 is 2.89 bits per heavy atom. The van der Waals surface area contributed by atoms with Crippen molar-refractivity contribution in [1.29, 1.82) is 0 Å². The van der Waals surface area contributed by atoms with E-state index in [-0.39, 0.29) is 12.1 Å². The number of aliphatic hydroxyl groups excluding tert-OH is 1. The molecule has 1 saturated carbocycles. The fraction of sp³-hybridized carbons (Fsp3) is 0.500. The zero-order valence-corrected chi connectivity index (χ0v) is 11.1. The number of fused-ring (bicyclic) bond motifs is 1. The molecule has 0 saturated heterocycles. The van der Waals surface area contributed by atoms with Crippen molar-refractivity contribution in [3.8, 4) is 0 Å². The first-order chi connectivity index (χ1) is 8.66. The first-order valence-electron chi connectivity index (χ1n) is 6.47. The summed E-state index contributed by atoms with van der Waals surface area (Å²) in [5.74, 6) is 0.591. The number of hydrogen-bond acceptors (Lipinski definition) is 2. The molecule has 3 nitrogen and oxygen atoms in total. The second-order valence-electron chi connectivity index (χ2n) is 5.31. The van der Waals surface area contributed by atoms with Crippen LogP contribution < -0.4 is 0 Å². The van der Waals surface area contributed by atoms with Crippen molar-refractivity contribution >= 4 is 22.5 Å². The van der Waals surface area contributed by atoms with Crippen LogP contribution in [0.2, 0.25) is 5.15 Å². The summed E-state index contributed by atoms with van der Waals surface area (Å²) >= 11 is 6.16. The molecule has 18 heavy (non-hydrogen) atoms. The third-order valence-electron chi connectivity index (χ3n) is 3.93. The Hall–Kier alpha value is -1.06. The van der Waals surface area contributed by atoms with Gasteiger partial charge in [0.05, 0.1) is 17.7 Å². The Bertz CT molecular complexity index is 566. The molecule has 0 spiro atoms. The predicted octanol–water partition coefficient (Wildman–Crippen LogP) is 3.41. The van der Waals surface area contributed by atoms with Crippen LogP contribution in [0, 0.1) is 5.92 Å². The largest absolute Gasteiger partial charge is 0.391 e. The van der Waals surface area contributed by atoms with Crippen LogP contribution in [0.3, 0.4) is 0 Å². The van der Waals surface area contributed by atoms with E-state index in [1.807, 2.05) is 28.9 Å². The maximum atomic E-state index is 10.3. The second-order valence-corrected chi connectivity index (χ2v) is 5.66. The smallest absolute Gasteiger partial charge is 0.158 e. The lowest BCUT2D eigenvalue weighted by molar-refractivity contribution is 0.0512. The molecule has 0 amide bonds. The number of benzene rings is 1. The lowest BCUT2D eigenvalue weighted by Crippen LogP contribution is -2.31. The Morgan fingerprint density at radius 1 is 1.33 bits per heavy atom. The minimum atomic E-state index is -0.326. The molecule has 1 aromatic heterocycles. The summed E-state index contributed by atoms with van der Waals surface area (Å²) < 4.78 is 1.91. The van der Waals surface area contributed by atoms with Crippen LogP contribution in [-0.4, -0.2) is 21.0 Å². The van der Waals surface area contributed by atoms with E-state index >= 15 is 0 Å². The summed E-state index contributed by atoms with van der Waals surface area (Å²) in [5.41, 5.74) is 1.01. The summed E-state index contributed by atoms with van der Waals surface area (Å²) in [7, 11) is 0. The van der Waals surface area contributed by atoms with E-state index in [1.165, 1.54) is 0 Å². The summed E-state index contributed by atoms with van der Waals surface area (Å²) in [6.07, 6.45) is 2.61. The van der Waals surface area contributed by atoms with E-state index in [4.69, 9.17) is 11.6 Å². The van der Waals surface area contributed by atoms with Gasteiger partial charge in [-0.1, -0.05) is 30.7 Å². The van der Waals surface area contributed by atoms with E-state index in [0.29, 0.717) is 11.1 Å². The molecular formula is C14H17ClN2O. The molecule has 0 bridgehead atoms. The average molecular weight is 265 g/mol. The van der Waals surface area contributed by atoms with Crippen LogP contribution in [0.1, 0.15) is 32.2 Å². The Morgan fingerprint density at radius 2 is 2.11 bits per heavy atom. The minimum absolute atomic E-state index is 0.0543. The van der Waals surface area contributed by atoms with Gasteiger partial charge in [0.15, 0.2) is 5.15 Å². The van der Waals surface area contributed by atoms with Gasteiger partial charge in [0, 0.05) is 5.39 Å². The van der Waals surface area contributed by atoms with Crippen molar-refractivity contribution in [3.05, 3.63) is 29.4 Å². The summed E-state index contributed by atoms with van der Waals surface area (Å²) in [5, 5.41) is 16.2. The third kappa shape index (κ3) is 1.91. The van der Waals surface area contributed by atoms with Gasteiger partial charge in [0.2, 0.25) is 0 Å². The van der Waals surface area contributed by atoms with Gasteiger partial charge in [-0.2, -0.15) is 5.10 Å². The van der Waals surface area contributed by atoms with Gasteiger partial charge in [0.25, 0.3) is 0 Å². The summed E-state index contributed by atoms with van der Waals surface area (Å²) in [6.45, 7) is 2.19. The Balaban J connectivity index is 2.04. The molecular weight excluding hydrogens is 248 g/mol. The molecule has 96 valence electrons. The number of nitrogens with zero attached hydrogens (tertiary/aromatic N) is 2. The summed E-state index contributed by atoms with van der Waals surface area (Å²) in [4.78, 5) is 0. The number of rotatable bonds is 1. The maximum absolute atomic E-state index is 10.3. The minimum Gasteiger partial charge on any atom is -0.391 e. The fourth-order valence-electron chi connectivity index (χ4n) is 2.92.